The molecule has 0 saturated heterocycles. The number of aromatic nitrogens is 2. The van der Waals surface area contributed by atoms with Gasteiger partial charge in [0.25, 0.3) is 11.5 Å². The number of carbonyl (C=O) groups excluding carboxylic acids is 1. The van der Waals surface area contributed by atoms with Gasteiger partial charge in [-0.05, 0) is 12.3 Å². The molecule has 0 fully saturated rings. The van der Waals surface area contributed by atoms with Crippen molar-refractivity contribution in [3.05, 3.63) is 22.1 Å². The molecule has 0 aliphatic rings. The lowest BCUT2D eigenvalue weighted by atomic mass is 10.0. The highest BCUT2D eigenvalue weighted by Crippen LogP contribution is 2.05. The van der Waals surface area contributed by atoms with Crippen LogP contribution in [0.5, 0.6) is 0 Å². The first-order chi connectivity index (χ1) is 8.31. The topological polar surface area (TPSA) is 104 Å². The van der Waals surface area contributed by atoms with E-state index in [0.29, 0.717) is 6.42 Å². The summed E-state index contributed by atoms with van der Waals surface area (Å²) in [6.45, 7) is 3.74. The first-order valence-electron chi connectivity index (χ1n) is 5.61. The van der Waals surface area contributed by atoms with Gasteiger partial charge in [-0.1, -0.05) is 13.8 Å². The number of aromatic amines is 1. The fourth-order valence-corrected chi connectivity index (χ4v) is 1.53. The van der Waals surface area contributed by atoms with Gasteiger partial charge in [0, 0.05) is 13.1 Å². The summed E-state index contributed by atoms with van der Waals surface area (Å²) < 4.78 is 1.15. The van der Waals surface area contributed by atoms with E-state index in [2.05, 4.69) is 10.4 Å². The quantitative estimate of drug-likeness (QED) is 0.685. The maximum Gasteiger partial charge on any atom is 0.326 e. The Labute approximate surface area is 104 Å². The molecule has 1 aromatic heterocycles. The van der Waals surface area contributed by atoms with E-state index in [1.165, 1.54) is 7.05 Å². The molecule has 1 atom stereocenters. The predicted octanol–water partition coefficient (Wildman–Crippen LogP) is -0.0575. The molecule has 0 radical (unpaired) electrons. The van der Waals surface area contributed by atoms with Crippen molar-refractivity contribution in [1.82, 2.24) is 15.1 Å². The minimum Gasteiger partial charge on any atom is -0.480 e. The highest BCUT2D eigenvalue weighted by Gasteiger charge is 2.22. The van der Waals surface area contributed by atoms with Crippen LogP contribution in [0.25, 0.3) is 0 Å². The van der Waals surface area contributed by atoms with Gasteiger partial charge in [-0.3, -0.25) is 19.4 Å². The zero-order valence-electron chi connectivity index (χ0n) is 10.6. The van der Waals surface area contributed by atoms with Crippen LogP contribution in [0, 0.1) is 5.92 Å². The number of aliphatic carboxylic acids is 1. The van der Waals surface area contributed by atoms with Crippen molar-refractivity contribution in [1.29, 1.82) is 0 Å². The van der Waals surface area contributed by atoms with E-state index in [9.17, 15) is 14.4 Å². The van der Waals surface area contributed by atoms with Crippen molar-refractivity contribution in [2.75, 3.05) is 0 Å². The summed E-state index contributed by atoms with van der Waals surface area (Å²) in [6.07, 6.45) is 0.331. The van der Waals surface area contributed by atoms with E-state index < -0.39 is 17.9 Å². The molecule has 3 N–H and O–H groups in total. The summed E-state index contributed by atoms with van der Waals surface area (Å²) >= 11 is 0. The van der Waals surface area contributed by atoms with Crippen molar-refractivity contribution in [2.45, 2.75) is 26.3 Å². The Kier molecular flexibility index (Phi) is 4.30. The Hall–Kier alpha value is -2.05. The van der Waals surface area contributed by atoms with Crippen LogP contribution in [0.4, 0.5) is 0 Å². The van der Waals surface area contributed by atoms with Crippen LogP contribution >= 0.6 is 0 Å². The van der Waals surface area contributed by atoms with Gasteiger partial charge in [0.05, 0.1) is 0 Å². The lowest BCUT2D eigenvalue weighted by Gasteiger charge is -2.15. The molecule has 0 spiro atoms. The number of carboxylic acids is 1. The van der Waals surface area contributed by atoms with Crippen LogP contribution in [0.3, 0.4) is 0 Å². The zero-order valence-corrected chi connectivity index (χ0v) is 10.6. The summed E-state index contributed by atoms with van der Waals surface area (Å²) in [5.41, 5.74) is -0.298. The fraction of sp³-hybridized carbons (Fsp3) is 0.545. The number of hydrogen-bond donors (Lipinski definition) is 3. The minimum atomic E-state index is -1.09. The van der Waals surface area contributed by atoms with Gasteiger partial charge in [0.15, 0.2) is 0 Å². The highest BCUT2D eigenvalue weighted by molar-refractivity contribution is 5.94. The molecular formula is C11H17N3O4. The van der Waals surface area contributed by atoms with Gasteiger partial charge < -0.3 is 10.4 Å². The molecule has 1 heterocycles. The lowest BCUT2D eigenvalue weighted by Crippen LogP contribution is -2.41. The number of nitrogens with one attached hydrogen (secondary N) is 2. The Bertz CT molecular complexity index is 501. The van der Waals surface area contributed by atoms with Crippen LogP contribution < -0.4 is 10.9 Å². The molecule has 7 heteroatoms. The third kappa shape index (κ3) is 3.47. The maximum absolute atomic E-state index is 11.7. The van der Waals surface area contributed by atoms with Gasteiger partial charge >= 0.3 is 5.97 Å². The summed E-state index contributed by atoms with van der Waals surface area (Å²) in [4.78, 5) is 33.9. The summed E-state index contributed by atoms with van der Waals surface area (Å²) in [7, 11) is 1.47. The summed E-state index contributed by atoms with van der Waals surface area (Å²) in [5.74, 6) is -1.54. The number of aryl methyl sites for hydroxylation is 1. The van der Waals surface area contributed by atoms with E-state index in [1.807, 2.05) is 13.8 Å². The largest absolute Gasteiger partial charge is 0.480 e. The molecule has 0 aliphatic carbocycles. The number of rotatable bonds is 5. The second kappa shape index (κ2) is 5.52. The molecule has 0 unspecified atom stereocenters. The van der Waals surface area contributed by atoms with Crippen molar-refractivity contribution >= 4 is 11.9 Å². The van der Waals surface area contributed by atoms with Gasteiger partial charge in [-0.15, -0.1) is 0 Å². The van der Waals surface area contributed by atoms with Crippen molar-refractivity contribution in [2.24, 2.45) is 13.0 Å². The standard InChI is InChI=1S/C11H17N3O4/c1-6(2)4-8(11(17)18)12-10(16)7-5-9(15)14(3)13-7/h5-6,8,13H,4H2,1-3H3,(H,12,16)(H,17,18)/t8-/m0/s1. The van der Waals surface area contributed by atoms with Crippen LogP contribution in [0.1, 0.15) is 30.8 Å². The minimum absolute atomic E-state index is 0.0532. The number of nitrogens with zero attached hydrogens (tertiary/aromatic N) is 1. The molecule has 1 rings (SSSR count). The maximum atomic E-state index is 11.7. The van der Waals surface area contributed by atoms with Gasteiger partial charge in [0.1, 0.15) is 11.7 Å². The average Bonchev–Trinajstić information content (AvgIpc) is 2.57. The van der Waals surface area contributed by atoms with Crippen LogP contribution in [-0.4, -0.2) is 32.8 Å². The van der Waals surface area contributed by atoms with Crippen LogP contribution in [0.15, 0.2) is 10.9 Å². The molecule has 0 saturated carbocycles. The zero-order chi connectivity index (χ0) is 13.9. The third-order valence-electron chi connectivity index (χ3n) is 2.44. The van der Waals surface area contributed by atoms with Crippen LogP contribution in [-0.2, 0) is 11.8 Å². The molecule has 1 amide bonds. The summed E-state index contributed by atoms with van der Waals surface area (Å²) in [6, 6.07) is 0.171. The van der Waals surface area contributed by atoms with Crippen LogP contribution in [0.2, 0.25) is 0 Å². The molecule has 1 aromatic rings. The number of carbonyl (C=O) groups is 2. The number of amides is 1. The SMILES string of the molecule is CC(C)C[C@H](NC(=O)c1cc(=O)n(C)[nH]1)C(=O)O. The smallest absolute Gasteiger partial charge is 0.326 e. The number of carboxylic acid groups (broad SMARTS) is 1. The Morgan fingerprint density at radius 3 is 2.50 bits per heavy atom. The van der Waals surface area contributed by atoms with Gasteiger partial charge in [-0.2, -0.15) is 0 Å². The van der Waals surface area contributed by atoms with Crippen molar-refractivity contribution < 1.29 is 14.7 Å². The molecule has 0 aliphatic heterocycles. The molecule has 7 nitrogen and oxygen atoms in total. The average molecular weight is 255 g/mol. The molecule has 0 aromatic carbocycles. The molecular weight excluding hydrogens is 238 g/mol. The predicted molar refractivity (Wildman–Crippen MR) is 64.4 cm³/mol. The highest BCUT2D eigenvalue weighted by atomic mass is 16.4. The monoisotopic (exact) mass is 255 g/mol. The third-order valence-corrected chi connectivity index (χ3v) is 2.44. The first kappa shape index (κ1) is 14.0. The first-order valence-corrected chi connectivity index (χ1v) is 5.61. The Balaban J connectivity index is 2.78. The van der Waals surface area contributed by atoms with E-state index in [0.717, 1.165) is 10.7 Å². The Morgan fingerprint density at radius 1 is 1.50 bits per heavy atom. The summed E-state index contributed by atoms with van der Waals surface area (Å²) in [5, 5.41) is 13.9. The number of H-pyrrole nitrogens is 1. The second-order valence-electron chi connectivity index (χ2n) is 4.56. The van der Waals surface area contributed by atoms with E-state index in [1.54, 1.807) is 0 Å². The van der Waals surface area contributed by atoms with E-state index >= 15 is 0 Å². The molecule has 100 valence electrons. The Morgan fingerprint density at radius 2 is 2.11 bits per heavy atom. The fourth-order valence-electron chi connectivity index (χ4n) is 1.53. The number of hydrogen-bond acceptors (Lipinski definition) is 3. The van der Waals surface area contributed by atoms with E-state index in [4.69, 9.17) is 5.11 Å². The van der Waals surface area contributed by atoms with Crippen molar-refractivity contribution in [3.63, 3.8) is 0 Å². The van der Waals surface area contributed by atoms with Gasteiger partial charge in [-0.25, -0.2) is 4.79 Å². The normalized spacial score (nSPS) is 12.4. The second-order valence-corrected chi connectivity index (χ2v) is 4.56. The van der Waals surface area contributed by atoms with Crippen molar-refractivity contribution in [3.8, 4) is 0 Å². The lowest BCUT2D eigenvalue weighted by molar-refractivity contribution is -0.139. The van der Waals surface area contributed by atoms with Gasteiger partial charge in [0.2, 0.25) is 0 Å². The van der Waals surface area contributed by atoms with E-state index in [-0.39, 0.29) is 17.2 Å². The molecule has 18 heavy (non-hydrogen) atoms. The molecule has 0 bridgehead atoms.